The Hall–Kier alpha value is -3.84. The molecule has 0 spiro atoms. The van der Waals surface area contributed by atoms with Crippen LogP contribution in [0.4, 0.5) is 11.4 Å². The van der Waals surface area contributed by atoms with Gasteiger partial charge in [0.1, 0.15) is 11.8 Å². The van der Waals surface area contributed by atoms with Crippen LogP contribution in [0.1, 0.15) is 22.3 Å². The number of nitrogens with zero attached hydrogens (tertiary/aromatic N) is 2. The standard InChI is InChI=1S/C25H21N3O/c1-16-8-11-18(12-9-16)27-24-20-14-17(2)10-13-22(20)28-25(24)21(15-26)19-6-4-5-7-23(19)29-3/h4-14,28H,1-3H3/b25-21-,27-24?. The third-order valence-corrected chi connectivity index (χ3v) is 4.94. The number of aryl methyl sites for hydroxylation is 2. The third-order valence-electron chi connectivity index (χ3n) is 4.94. The number of methoxy groups -OCH3 is 1. The average molecular weight is 379 g/mol. The van der Waals surface area contributed by atoms with Crippen LogP contribution in [0.3, 0.4) is 0 Å². The fraction of sp³-hybridized carbons (Fsp3) is 0.120. The van der Waals surface area contributed by atoms with Crippen LogP contribution < -0.4 is 10.1 Å². The monoisotopic (exact) mass is 379 g/mol. The van der Waals surface area contributed by atoms with Gasteiger partial charge in [-0.15, -0.1) is 0 Å². The maximum Gasteiger partial charge on any atom is 0.127 e. The van der Waals surface area contributed by atoms with E-state index in [4.69, 9.17) is 9.73 Å². The number of hydrogen-bond acceptors (Lipinski definition) is 4. The zero-order chi connectivity index (χ0) is 20.4. The Morgan fingerprint density at radius 1 is 0.966 bits per heavy atom. The molecule has 1 N–H and O–H groups in total. The second-order valence-electron chi connectivity index (χ2n) is 7.03. The van der Waals surface area contributed by atoms with Gasteiger partial charge in [-0.2, -0.15) is 5.26 Å². The van der Waals surface area contributed by atoms with Crippen molar-refractivity contribution in [3.05, 3.63) is 94.7 Å². The van der Waals surface area contributed by atoms with E-state index in [1.165, 1.54) is 5.56 Å². The van der Waals surface area contributed by atoms with E-state index < -0.39 is 0 Å². The van der Waals surface area contributed by atoms with Crippen molar-refractivity contribution in [1.29, 1.82) is 5.26 Å². The van der Waals surface area contributed by atoms with E-state index in [0.717, 1.165) is 33.8 Å². The zero-order valence-corrected chi connectivity index (χ0v) is 16.7. The number of fused-ring (bicyclic) bond motifs is 1. The molecule has 3 aromatic carbocycles. The molecule has 3 aromatic rings. The summed E-state index contributed by atoms with van der Waals surface area (Å²) in [7, 11) is 1.61. The lowest BCUT2D eigenvalue weighted by Crippen LogP contribution is -2.06. The highest BCUT2D eigenvalue weighted by atomic mass is 16.5. The first-order valence-corrected chi connectivity index (χ1v) is 9.42. The lowest BCUT2D eigenvalue weighted by molar-refractivity contribution is 0.413. The molecule has 0 aromatic heterocycles. The molecule has 4 nitrogen and oxygen atoms in total. The van der Waals surface area contributed by atoms with Crippen molar-refractivity contribution >= 4 is 22.7 Å². The SMILES string of the molecule is COc1ccccc1/C(C#N)=C1\Nc2ccc(C)cc2C1=Nc1ccc(C)cc1. The highest BCUT2D eigenvalue weighted by Crippen LogP contribution is 2.37. The van der Waals surface area contributed by atoms with Crippen molar-refractivity contribution in [3.8, 4) is 11.8 Å². The molecular weight excluding hydrogens is 358 g/mol. The van der Waals surface area contributed by atoms with E-state index in [1.807, 2.05) is 67.6 Å². The Bertz CT molecular complexity index is 1180. The summed E-state index contributed by atoms with van der Waals surface area (Å²) in [5.41, 5.74) is 7.78. The molecule has 0 saturated heterocycles. The predicted octanol–water partition coefficient (Wildman–Crippen LogP) is 5.79. The van der Waals surface area contributed by atoms with Crippen LogP contribution in [-0.4, -0.2) is 12.8 Å². The Labute approximate surface area is 170 Å². The predicted molar refractivity (Wildman–Crippen MR) is 118 cm³/mol. The maximum absolute atomic E-state index is 10.1. The van der Waals surface area contributed by atoms with E-state index in [9.17, 15) is 5.26 Å². The maximum atomic E-state index is 10.1. The first-order valence-electron chi connectivity index (χ1n) is 9.42. The fourth-order valence-electron chi connectivity index (χ4n) is 3.44. The Balaban J connectivity index is 1.97. The highest BCUT2D eigenvalue weighted by molar-refractivity contribution is 6.26. The number of benzene rings is 3. The Morgan fingerprint density at radius 2 is 1.69 bits per heavy atom. The van der Waals surface area contributed by atoms with Crippen LogP contribution in [0.5, 0.6) is 5.75 Å². The smallest absolute Gasteiger partial charge is 0.127 e. The molecule has 0 radical (unpaired) electrons. The van der Waals surface area contributed by atoms with Gasteiger partial charge in [-0.3, -0.25) is 0 Å². The quantitative estimate of drug-likeness (QED) is 0.586. The van der Waals surface area contributed by atoms with Crippen molar-refractivity contribution in [2.75, 3.05) is 12.4 Å². The van der Waals surface area contributed by atoms with E-state index in [1.54, 1.807) is 7.11 Å². The lowest BCUT2D eigenvalue weighted by atomic mass is 9.99. The third kappa shape index (κ3) is 3.51. The minimum atomic E-state index is 0.502. The number of allylic oxidation sites excluding steroid dienone is 2. The van der Waals surface area contributed by atoms with Gasteiger partial charge < -0.3 is 10.1 Å². The minimum Gasteiger partial charge on any atom is -0.496 e. The molecule has 1 aliphatic rings. The fourth-order valence-corrected chi connectivity index (χ4v) is 3.44. The number of hydrogen-bond donors (Lipinski definition) is 1. The van der Waals surface area contributed by atoms with Gasteiger partial charge in [-0.1, -0.05) is 41.5 Å². The van der Waals surface area contributed by atoms with E-state index in [-0.39, 0.29) is 0 Å². The summed E-state index contributed by atoms with van der Waals surface area (Å²) in [5, 5.41) is 13.5. The lowest BCUT2D eigenvalue weighted by Gasteiger charge is -2.10. The number of para-hydroxylation sites is 1. The van der Waals surface area contributed by atoms with Gasteiger partial charge >= 0.3 is 0 Å². The van der Waals surface area contributed by atoms with Gasteiger partial charge in [0.25, 0.3) is 0 Å². The summed E-state index contributed by atoms with van der Waals surface area (Å²) in [5.74, 6) is 0.653. The summed E-state index contributed by atoms with van der Waals surface area (Å²) >= 11 is 0. The van der Waals surface area contributed by atoms with Crippen LogP contribution >= 0.6 is 0 Å². The van der Waals surface area contributed by atoms with E-state index in [2.05, 4.69) is 24.4 Å². The second kappa shape index (κ2) is 7.65. The van der Waals surface area contributed by atoms with Crippen molar-refractivity contribution in [2.45, 2.75) is 13.8 Å². The Morgan fingerprint density at radius 3 is 2.41 bits per heavy atom. The zero-order valence-electron chi connectivity index (χ0n) is 16.7. The molecule has 0 atom stereocenters. The molecule has 1 aliphatic heterocycles. The summed E-state index contributed by atoms with van der Waals surface area (Å²) < 4.78 is 5.50. The van der Waals surface area contributed by atoms with Crippen LogP contribution in [-0.2, 0) is 0 Å². The van der Waals surface area contributed by atoms with Crippen LogP contribution in [0.25, 0.3) is 5.57 Å². The largest absolute Gasteiger partial charge is 0.496 e. The first-order chi connectivity index (χ1) is 14.1. The van der Waals surface area contributed by atoms with Crippen molar-refractivity contribution in [2.24, 2.45) is 4.99 Å². The molecule has 0 amide bonds. The van der Waals surface area contributed by atoms with Crippen molar-refractivity contribution < 1.29 is 4.74 Å². The molecule has 4 rings (SSSR count). The van der Waals surface area contributed by atoms with Crippen molar-refractivity contribution in [3.63, 3.8) is 0 Å². The van der Waals surface area contributed by atoms with Crippen molar-refractivity contribution in [1.82, 2.24) is 0 Å². The number of anilines is 1. The Kier molecular flexibility index (Phi) is 4.88. The number of nitriles is 1. The molecule has 0 fully saturated rings. The van der Waals surface area contributed by atoms with Gasteiger partial charge in [-0.25, -0.2) is 4.99 Å². The average Bonchev–Trinajstić information content (AvgIpc) is 3.08. The molecule has 0 bridgehead atoms. The van der Waals surface area contributed by atoms with Gasteiger partial charge in [0, 0.05) is 16.8 Å². The molecular formula is C25H21N3O. The van der Waals surface area contributed by atoms with Gasteiger partial charge in [-0.05, 0) is 50.2 Å². The number of rotatable bonds is 3. The van der Waals surface area contributed by atoms with Gasteiger partial charge in [0.15, 0.2) is 0 Å². The number of aliphatic imine (C=N–C) groups is 1. The van der Waals surface area contributed by atoms with Gasteiger partial charge in [0.05, 0.1) is 29.8 Å². The molecule has 29 heavy (non-hydrogen) atoms. The first kappa shape index (κ1) is 18.5. The molecule has 0 unspecified atom stereocenters. The van der Waals surface area contributed by atoms with E-state index in [0.29, 0.717) is 17.0 Å². The summed E-state index contributed by atoms with van der Waals surface area (Å²) in [6.45, 7) is 4.10. The molecule has 4 heteroatoms. The van der Waals surface area contributed by atoms with E-state index >= 15 is 0 Å². The second-order valence-corrected chi connectivity index (χ2v) is 7.03. The molecule has 0 aliphatic carbocycles. The van der Waals surface area contributed by atoms with Crippen LogP contribution in [0.15, 0.2) is 77.4 Å². The normalized spacial score (nSPS) is 15.4. The molecule has 142 valence electrons. The molecule has 0 saturated carbocycles. The van der Waals surface area contributed by atoms with Crippen LogP contribution in [0, 0.1) is 25.2 Å². The number of nitrogens with one attached hydrogen (secondary N) is 1. The summed E-state index contributed by atoms with van der Waals surface area (Å²) in [6, 6.07) is 24.1. The topological polar surface area (TPSA) is 57.4 Å². The van der Waals surface area contributed by atoms with Crippen LogP contribution in [0.2, 0.25) is 0 Å². The van der Waals surface area contributed by atoms with Gasteiger partial charge in [0.2, 0.25) is 0 Å². The summed E-state index contributed by atoms with van der Waals surface area (Å²) in [6.07, 6.45) is 0. The minimum absolute atomic E-state index is 0.502. The molecule has 1 heterocycles. The summed E-state index contributed by atoms with van der Waals surface area (Å²) in [4.78, 5) is 4.92. The number of ether oxygens (including phenoxy) is 1. The highest BCUT2D eigenvalue weighted by Gasteiger charge is 2.27.